The number of aliphatic hydroxyl groups excluding tert-OH is 1. The highest BCUT2D eigenvalue weighted by Crippen LogP contribution is 2.72. The first-order chi connectivity index (χ1) is 21.6. The summed E-state index contributed by atoms with van der Waals surface area (Å²) in [6, 6.07) is 6.16. The van der Waals surface area contributed by atoms with Crippen LogP contribution in [0.1, 0.15) is 73.1 Å². The fraction of sp³-hybridized carbons (Fsp3) is 0.639. The van der Waals surface area contributed by atoms with E-state index in [1.807, 2.05) is 49.9 Å². The van der Waals surface area contributed by atoms with Crippen molar-refractivity contribution >= 4 is 35.2 Å². The van der Waals surface area contributed by atoms with Crippen LogP contribution >= 0.6 is 11.8 Å². The summed E-state index contributed by atoms with van der Waals surface area (Å²) < 4.78 is 4.35. The maximum atomic E-state index is 14.8. The highest BCUT2D eigenvalue weighted by atomic mass is 32.2. The van der Waals surface area contributed by atoms with E-state index in [-0.39, 0.29) is 30.2 Å². The third-order valence-corrected chi connectivity index (χ3v) is 12.3. The van der Waals surface area contributed by atoms with Gasteiger partial charge in [-0.1, -0.05) is 52.2 Å². The zero-order valence-corrected chi connectivity index (χ0v) is 28.7. The van der Waals surface area contributed by atoms with Gasteiger partial charge in [0.1, 0.15) is 11.8 Å². The summed E-state index contributed by atoms with van der Waals surface area (Å²) in [7, 11) is 0. The van der Waals surface area contributed by atoms with Crippen LogP contribution in [0, 0.1) is 17.8 Å². The number of likely N-dealkylation sites (tertiary alicyclic amines) is 1. The van der Waals surface area contributed by atoms with Crippen LogP contribution in [-0.2, 0) is 14.4 Å². The molecule has 3 heterocycles. The number of amides is 3. The van der Waals surface area contributed by atoms with Crippen molar-refractivity contribution in [2.24, 2.45) is 17.8 Å². The van der Waals surface area contributed by atoms with Crippen LogP contribution in [-0.4, -0.2) is 87.1 Å². The summed E-state index contributed by atoms with van der Waals surface area (Å²) in [4.78, 5) is 49.6. The highest BCUT2D eigenvalue weighted by Gasteiger charge is 2.78. The van der Waals surface area contributed by atoms with Gasteiger partial charge in [0.05, 0.1) is 35.8 Å². The molecule has 0 aliphatic carbocycles. The first-order valence-corrected chi connectivity index (χ1v) is 17.6. The van der Waals surface area contributed by atoms with Crippen LogP contribution in [0.25, 0.3) is 0 Å². The van der Waals surface area contributed by atoms with Crippen LogP contribution in [0.4, 0.5) is 5.69 Å². The predicted molar refractivity (Wildman–Crippen MR) is 182 cm³/mol. The normalized spacial score (nSPS) is 28.0. The van der Waals surface area contributed by atoms with Gasteiger partial charge in [0.25, 0.3) is 0 Å². The number of unbranched alkanes of at least 4 members (excludes halogenated alkanes) is 2. The lowest BCUT2D eigenvalue weighted by molar-refractivity contribution is -0.147. The Balaban J connectivity index is 1.80. The van der Waals surface area contributed by atoms with Crippen molar-refractivity contribution in [2.75, 3.05) is 37.7 Å². The molecule has 9 heteroatoms. The Morgan fingerprint density at radius 3 is 2.38 bits per heavy atom. The Morgan fingerprint density at radius 2 is 1.80 bits per heavy atom. The molecule has 248 valence electrons. The van der Waals surface area contributed by atoms with Crippen LogP contribution < -0.4 is 9.64 Å². The van der Waals surface area contributed by atoms with Crippen LogP contribution in [0.2, 0.25) is 0 Å². The van der Waals surface area contributed by atoms with E-state index >= 15 is 0 Å². The summed E-state index contributed by atoms with van der Waals surface area (Å²) in [6.07, 6.45) is 8.50. The number of hydrogen-bond acceptors (Lipinski definition) is 6. The summed E-state index contributed by atoms with van der Waals surface area (Å²) in [6.45, 7) is 19.6. The number of hydrogen-bond donors (Lipinski definition) is 1. The topological polar surface area (TPSA) is 90.4 Å². The quantitative estimate of drug-likeness (QED) is 0.174. The first kappa shape index (κ1) is 35.1. The zero-order valence-electron chi connectivity index (χ0n) is 27.9. The molecular formula is C36H53N3O5S. The van der Waals surface area contributed by atoms with Crippen molar-refractivity contribution in [1.82, 2.24) is 9.80 Å². The van der Waals surface area contributed by atoms with Gasteiger partial charge in [0.15, 0.2) is 0 Å². The minimum atomic E-state index is -0.759. The van der Waals surface area contributed by atoms with Gasteiger partial charge in [-0.05, 0) is 63.3 Å². The van der Waals surface area contributed by atoms with Gasteiger partial charge >= 0.3 is 0 Å². The van der Waals surface area contributed by atoms with E-state index in [2.05, 4.69) is 27.0 Å². The molecular weight excluding hydrogens is 586 g/mol. The number of carbonyl (C=O) groups excluding carboxylic acids is 3. The minimum absolute atomic E-state index is 0.0227. The highest BCUT2D eigenvalue weighted by molar-refractivity contribution is 8.02. The SMILES string of the molecule is C=CCN(CCCCC)C(=O)C1N([C@@H](CO)[C@@H](C)CC)C(=O)[C@@H]2[C@H](C(=O)N(CC=C)c3ccc(OCC)cc3)[C@]3(C)CCC12S3. The lowest BCUT2D eigenvalue weighted by atomic mass is 9.66. The zero-order chi connectivity index (χ0) is 32.9. The molecule has 1 N–H and O–H groups in total. The number of ether oxygens (including phenoxy) is 1. The third-order valence-electron chi connectivity index (χ3n) is 10.3. The number of fused-ring (bicyclic) bond motifs is 1. The van der Waals surface area contributed by atoms with E-state index in [1.165, 1.54) is 0 Å². The standard InChI is InChI=1S/C36H53N3O5S/c1-8-13-14-23-37(21-9-2)34(43)31-36-20-19-35(7,45-36)29(30(36)33(42)39(31)28(24-40)25(6)11-4)32(41)38(22-10-3)26-15-17-27(18-16-26)44-12-5/h9-10,15-18,25,28-31,40H,2-3,8,11-14,19-24H2,1,4-7H3/t25-,28-,29+,30-,31?,35-,36?/m0/s1. The molecule has 8 nitrogen and oxygen atoms in total. The van der Waals surface area contributed by atoms with Gasteiger partial charge in [-0.25, -0.2) is 0 Å². The predicted octanol–water partition coefficient (Wildman–Crippen LogP) is 5.70. The Morgan fingerprint density at radius 1 is 1.11 bits per heavy atom. The van der Waals surface area contributed by atoms with E-state index in [0.29, 0.717) is 38.3 Å². The van der Waals surface area contributed by atoms with Crippen molar-refractivity contribution in [3.05, 3.63) is 49.6 Å². The van der Waals surface area contributed by atoms with E-state index < -0.39 is 33.4 Å². The molecule has 3 aliphatic heterocycles. The summed E-state index contributed by atoms with van der Waals surface area (Å²) in [5.41, 5.74) is 0.713. The van der Waals surface area contributed by atoms with E-state index in [0.717, 1.165) is 37.9 Å². The van der Waals surface area contributed by atoms with Gasteiger partial charge in [0.2, 0.25) is 17.7 Å². The second-order valence-corrected chi connectivity index (χ2v) is 14.9. The molecule has 1 aromatic carbocycles. The number of benzene rings is 1. The molecule has 0 saturated carbocycles. The molecule has 3 fully saturated rings. The molecule has 3 saturated heterocycles. The van der Waals surface area contributed by atoms with Crippen LogP contribution in [0.5, 0.6) is 5.75 Å². The molecule has 2 unspecified atom stereocenters. The fourth-order valence-corrected chi connectivity index (χ4v) is 10.2. The second kappa shape index (κ2) is 14.8. The number of rotatable bonds is 17. The van der Waals surface area contributed by atoms with Gasteiger partial charge in [-0.3, -0.25) is 14.4 Å². The molecule has 1 spiro atoms. The molecule has 2 bridgehead atoms. The summed E-state index contributed by atoms with van der Waals surface area (Å²) >= 11 is 1.67. The Labute approximate surface area is 274 Å². The molecule has 4 rings (SSSR count). The van der Waals surface area contributed by atoms with Crippen molar-refractivity contribution in [2.45, 2.75) is 94.7 Å². The van der Waals surface area contributed by atoms with Crippen LogP contribution in [0.15, 0.2) is 49.6 Å². The third kappa shape index (κ3) is 6.31. The maximum absolute atomic E-state index is 14.8. The Hall–Kier alpha value is -2.78. The summed E-state index contributed by atoms with van der Waals surface area (Å²) in [5, 5.41) is 10.7. The lowest BCUT2D eigenvalue weighted by Gasteiger charge is -2.41. The Bertz CT molecular complexity index is 1240. The molecule has 3 aliphatic rings. The van der Waals surface area contributed by atoms with E-state index in [1.54, 1.807) is 33.7 Å². The van der Waals surface area contributed by atoms with E-state index in [9.17, 15) is 19.5 Å². The largest absolute Gasteiger partial charge is 0.494 e. The average Bonchev–Trinajstić information content (AvgIpc) is 3.60. The van der Waals surface area contributed by atoms with Crippen molar-refractivity contribution in [3.8, 4) is 5.75 Å². The van der Waals surface area contributed by atoms with Gasteiger partial charge < -0.3 is 24.5 Å². The smallest absolute Gasteiger partial charge is 0.247 e. The molecule has 45 heavy (non-hydrogen) atoms. The number of thioether (sulfide) groups is 1. The first-order valence-electron chi connectivity index (χ1n) is 16.8. The number of nitrogens with zero attached hydrogens (tertiary/aromatic N) is 3. The van der Waals surface area contributed by atoms with Crippen molar-refractivity contribution in [1.29, 1.82) is 0 Å². The minimum Gasteiger partial charge on any atom is -0.494 e. The molecule has 3 amide bonds. The molecule has 0 aromatic heterocycles. The average molecular weight is 640 g/mol. The summed E-state index contributed by atoms with van der Waals surface area (Å²) in [5.74, 6) is -0.999. The monoisotopic (exact) mass is 639 g/mol. The van der Waals surface area contributed by atoms with Crippen LogP contribution in [0.3, 0.4) is 0 Å². The van der Waals surface area contributed by atoms with Crippen molar-refractivity contribution < 1.29 is 24.2 Å². The molecule has 7 atom stereocenters. The van der Waals surface area contributed by atoms with Gasteiger partial charge in [0, 0.05) is 30.1 Å². The van der Waals surface area contributed by atoms with Crippen molar-refractivity contribution in [3.63, 3.8) is 0 Å². The van der Waals surface area contributed by atoms with Gasteiger partial charge in [-0.2, -0.15) is 0 Å². The second-order valence-electron chi connectivity index (χ2n) is 13.1. The lowest BCUT2D eigenvalue weighted by Crippen LogP contribution is -2.58. The number of aliphatic hydroxyl groups is 1. The molecule has 0 radical (unpaired) electrons. The number of anilines is 1. The number of carbonyl (C=O) groups is 3. The molecule has 1 aromatic rings. The fourth-order valence-electron chi connectivity index (χ4n) is 7.87. The Kier molecular flexibility index (Phi) is 11.5. The maximum Gasteiger partial charge on any atom is 0.247 e. The van der Waals surface area contributed by atoms with E-state index in [4.69, 9.17) is 4.74 Å². The van der Waals surface area contributed by atoms with Gasteiger partial charge in [-0.15, -0.1) is 24.9 Å².